The fraction of sp³-hybridized carbons (Fsp3) is 0.273. The molecule has 1 aliphatic carbocycles. The Balaban J connectivity index is 1.23. The summed E-state index contributed by atoms with van der Waals surface area (Å²) in [5.41, 5.74) is 4.06. The summed E-state index contributed by atoms with van der Waals surface area (Å²) in [6, 6.07) is 14.1. The Morgan fingerprint density at radius 2 is 2.00 bits per heavy atom. The molecule has 0 spiro atoms. The SMILES string of the molecule is Cc1ccc2nc(-c3ccc(NC(=O)C(C)Sc4n[nH]c(C5CC5)n4)cc3)sc2c1. The van der Waals surface area contributed by atoms with Crippen LogP contribution in [-0.4, -0.2) is 31.3 Å². The molecule has 0 saturated heterocycles. The summed E-state index contributed by atoms with van der Waals surface area (Å²) in [5.74, 6) is 1.39. The lowest BCUT2D eigenvalue weighted by Gasteiger charge is -2.10. The van der Waals surface area contributed by atoms with Gasteiger partial charge in [0.05, 0.1) is 15.5 Å². The number of fused-ring (bicyclic) bond motifs is 1. The molecule has 1 saturated carbocycles. The van der Waals surface area contributed by atoms with Crippen LogP contribution in [0.1, 0.15) is 37.1 Å². The molecule has 0 bridgehead atoms. The first-order valence-corrected chi connectivity index (χ1v) is 11.6. The van der Waals surface area contributed by atoms with Crippen LogP contribution < -0.4 is 5.32 Å². The lowest BCUT2D eigenvalue weighted by molar-refractivity contribution is -0.115. The number of anilines is 1. The minimum absolute atomic E-state index is 0.0685. The number of benzene rings is 2. The first kappa shape index (κ1) is 19.3. The highest BCUT2D eigenvalue weighted by atomic mass is 32.2. The number of amides is 1. The number of carbonyl (C=O) groups excluding carboxylic acids is 1. The topological polar surface area (TPSA) is 83.6 Å². The van der Waals surface area contributed by atoms with E-state index < -0.39 is 0 Å². The molecule has 1 fully saturated rings. The second kappa shape index (κ2) is 7.85. The number of hydrogen-bond acceptors (Lipinski definition) is 6. The van der Waals surface area contributed by atoms with Crippen LogP contribution in [0.5, 0.6) is 0 Å². The minimum Gasteiger partial charge on any atom is -0.325 e. The highest BCUT2D eigenvalue weighted by Crippen LogP contribution is 2.38. The number of thioether (sulfide) groups is 1. The van der Waals surface area contributed by atoms with Crippen molar-refractivity contribution < 1.29 is 4.79 Å². The molecule has 0 aliphatic heterocycles. The number of rotatable bonds is 6. The fourth-order valence-electron chi connectivity index (χ4n) is 3.16. The van der Waals surface area contributed by atoms with Crippen molar-refractivity contribution in [2.24, 2.45) is 0 Å². The molecule has 8 heteroatoms. The largest absolute Gasteiger partial charge is 0.325 e. The van der Waals surface area contributed by atoms with Gasteiger partial charge in [-0.15, -0.1) is 16.4 Å². The first-order valence-electron chi connectivity index (χ1n) is 9.92. The van der Waals surface area contributed by atoms with Gasteiger partial charge >= 0.3 is 0 Å². The van der Waals surface area contributed by atoms with Gasteiger partial charge in [0.2, 0.25) is 11.1 Å². The van der Waals surface area contributed by atoms with Gasteiger partial charge in [0.1, 0.15) is 10.8 Å². The van der Waals surface area contributed by atoms with E-state index >= 15 is 0 Å². The zero-order chi connectivity index (χ0) is 20.7. The Morgan fingerprint density at radius 1 is 1.20 bits per heavy atom. The monoisotopic (exact) mass is 435 g/mol. The molecular weight excluding hydrogens is 414 g/mol. The highest BCUT2D eigenvalue weighted by molar-refractivity contribution is 8.00. The zero-order valence-electron chi connectivity index (χ0n) is 16.7. The molecule has 152 valence electrons. The van der Waals surface area contributed by atoms with Crippen molar-refractivity contribution in [2.75, 3.05) is 5.32 Å². The Hall–Kier alpha value is -2.71. The summed E-state index contributed by atoms with van der Waals surface area (Å²) in [5, 5.41) is 11.5. The standard InChI is InChI=1S/C22H21N5OS2/c1-12-3-10-17-18(11-12)30-21(24-17)15-6-8-16(9-7-15)23-20(28)13(2)29-22-25-19(26-27-22)14-4-5-14/h3,6-11,13-14H,4-5H2,1-2H3,(H,23,28)(H,25,26,27). The average molecular weight is 436 g/mol. The van der Waals surface area contributed by atoms with E-state index in [0.717, 1.165) is 27.6 Å². The molecule has 1 amide bonds. The Morgan fingerprint density at radius 3 is 2.77 bits per heavy atom. The number of aromatic amines is 1. The number of thiazole rings is 1. The summed E-state index contributed by atoms with van der Waals surface area (Å²) >= 11 is 3.05. The summed E-state index contributed by atoms with van der Waals surface area (Å²) in [6.45, 7) is 3.95. The van der Waals surface area contributed by atoms with Gasteiger partial charge in [-0.05, 0) is 68.7 Å². The van der Waals surface area contributed by atoms with Gasteiger partial charge in [-0.25, -0.2) is 9.97 Å². The van der Waals surface area contributed by atoms with E-state index in [0.29, 0.717) is 11.1 Å². The summed E-state index contributed by atoms with van der Waals surface area (Å²) in [4.78, 5) is 21.8. The molecule has 2 aromatic heterocycles. The maximum atomic E-state index is 12.6. The van der Waals surface area contributed by atoms with Gasteiger partial charge in [-0.1, -0.05) is 17.8 Å². The van der Waals surface area contributed by atoms with Crippen molar-refractivity contribution in [3.05, 3.63) is 53.9 Å². The number of nitrogens with one attached hydrogen (secondary N) is 2. The van der Waals surface area contributed by atoms with E-state index in [2.05, 4.69) is 45.6 Å². The predicted molar refractivity (Wildman–Crippen MR) is 122 cm³/mol. The van der Waals surface area contributed by atoms with Crippen LogP contribution in [0.3, 0.4) is 0 Å². The van der Waals surface area contributed by atoms with Gasteiger partial charge < -0.3 is 5.32 Å². The number of H-pyrrole nitrogens is 1. The van der Waals surface area contributed by atoms with Crippen LogP contribution in [0.15, 0.2) is 47.6 Å². The quantitative estimate of drug-likeness (QED) is 0.397. The van der Waals surface area contributed by atoms with Crippen LogP contribution in [-0.2, 0) is 4.79 Å². The molecule has 2 aromatic carbocycles. The molecule has 2 N–H and O–H groups in total. The third-order valence-corrected chi connectivity index (χ3v) is 7.07. The predicted octanol–water partition coefficient (Wildman–Crippen LogP) is 5.39. The van der Waals surface area contributed by atoms with E-state index in [1.807, 2.05) is 31.2 Å². The third-order valence-electron chi connectivity index (χ3n) is 5.04. The molecule has 1 unspecified atom stereocenters. The molecule has 2 heterocycles. The van der Waals surface area contributed by atoms with E-state index in [1.54, 1.807) is 11.3 Å². The molecule has 5 rings (SSSR count). The maximum absolute atomic E-state index is 12.6. The number of aromatic nitrogens is 4. The fourth-order valence-corrected chi connectivity index (χ4v) is 4.96. The summed E-state index contributed by atoms with van der Waals surface area (Å²) in [7, 11) is 0. The lowest BCUT2D eigenvalue weighted by atomic mass is 10.2. The number of hydrogen-bond donors (Lipinski definition) is 2. The molecule has 0 radical (unpaired) electrons. The number of nitrogens with zero attached hydrogens (tertiary/aromatic N) is 3. The number of aryl methyl sites for hydroxylation is 1. The van der Waals surface area contributed by atoms with Crippen molar-refractivity contribution >= 4 is 44.9 Å². The first-order chi connectivity index (χ1) is 14.5. The van der Waals surface area contributed by atoms with E-state index in [4.69, 9.17) is 4.98 Å². The van der Waals surface area contributed by atoms with Crippen LogP contribution in [0.2, 0.25) is 0 Å². The molecule has 1 aliphatic rings. The Labute approximate surface area is 182 Å². The third kappa shape index (κ3) is 4.11. The molecule has 1 atom stereocenters. The van der Waals surface area contributed by atoms with Crippen molar-refractivity contribution in [1.29, 1.82) is 0 Å². The van der Waals surface area contributed by atoms with Gasteiger partial charge in [-0.3, -0.25) is 9.89 Å². The van der Waals surface area contributed by atoms with Gasteiger partial charge in [-0.2, -0.15) is 0 Å². The van der Waals surface area contributed by atoms with Crippen molar-refractivity contribution in [1.82, 2.24) is 20.2 Å². The van der Waals surface area contributed by atoms with Crippen LogP contribution in [0.25, 0.3) is 20.8 Å². The molecule has 30 heavy (non-hydrogen) atoms. The number of carbonyl (C=O) groups is 1. The van der Waals surface area contributed by atoms with Crippen molar-refractivity contribution in [3.63, 3.8) is 0 Å². The Kier molecular flexibility index (Phi) is 5.04. The smallest absolute Gasteiger partial charge is 0.237 e. The van der Waals surface area contributed by atoms with E-state index in [9.17, 15) is 4.79 Å². The highest BCUT2D eigenvalue weighted by Gasteiger charge is 2.28. The molecule has 6 nitrogen and oxygen atoms in total. The van der Waals surface area contributed by atoms with E-state index in [1.165, 1.54) is 34.9 Å². The normalized spacial score (nSPS) is 14.7. The van der Waals surface area contributed by atoms with Crippen LogP contribution in [0.4, 0.5) is 5.69 Å². The van der Waals surface area contributed by atoms with Gasteiger partial charge in [0, 0.05) is 17.2 Å². The van der Waals surface area contributed by atoms with Crippen LogP contribution >= 0.6 is 23.1 Å². The second-order valence-electron chi connectivity index (χ2n) is 7.59. The molecular formula is C22H21N5OS2. The summed E-state index contributed by atoms with van der Waals surface area (Å²) in [6.07, 6.45) is 2.34. The molecule has 4 aromatic rings. The van der Waals surface area contributed by atoms with Crippen molar-refractivity contribution in [2.45, 2.75) is 43.0 Å². The Bertz CT molecular complexity index is 1210. The second-order valence-corrected chi connectivity index (χ2v) is 9.93. The average Bonchev–Trinajstić information content (AvgIpc) is 3.34. The van der Waals surface area contributed by atoms with Gasteiger partial charge in [0.25, 0.3) is 0 Å². The minimum atomic E-state index is -0.292. The van der Waals surface area contributed by atoms with E-state index in [-0.39, 0.29) is 11.2 Å². The van der Waals surface area contributed by atoms with Crippen LogP contribution in [0, 0.1) is 6.92 Å². The maximum Gasteiger partial charge on any atom is 0.237 e. The summed E-state index contributed by atoms with van der Waals surface area (Å²) < 4.78 is 1.19. The lowest BCUT2D eigenvalue weighted by Crippen LogP contribution is -2.22. The van der Waals surface area contributed by atoms with Crippen molar-refractivity contribution in [3.8, 4) is 10.6 Å². The zero-order valence-corrected chi connectivity index (χ0v) is 18.3. The van der Waals surface area contributed by atoms with Gasteiger partial charge in [0.15, 0.2) is 0 Å².